The molecule has 1 aromatic heterocycles. The highest BCUT2D eigenvalue weighted by Crippen LogP contribution is 2.32. The van der Waals surface area contributed by atoms with Gasteiger partial charge in [-0.15, -0.1) is 0 Å². The van der Waals surface area contributed by atoms with E-state index in [0.717, 1.165) is 27.9 Å². The number of aromatic nitrogens is 1. The van der Waals surface area contributed by atoms with Crippen molar-refractivity contribution < 1.29 is 4.79 Å². The van der Waals surface area contributed by atoms with Gasteiger partial charge in [0.05, 0.1) is 5.56 Å². The van der Waals surface area contributed by atoms with E-state index in [-0.39, 0.29) is 5.91 Å². The number of nitrogens with zero attached hydrogens (tertiary/aromatic N) is 1. The van der Waals surface area contributed by atoms with Gasteiger partial charge in [0, 0.05) is 29.2 Å². The van der Waals surface area contributed by atoms with Gasteiger partial charge in [0.15, 0.2) is 0 Å². The Morgan fingerprint density at radius 2 is 1.17 bits per heavy atom. The van der Waals surface area contributed by atoms with Crippen LogP contribution in [0.1, 0.15) is 21.5 Å². The summed E-state index contributed by atoms with van der Waals surface area (Å²) < 4.78 is 0. The number of carbonyl (C=O) groups is 1. The van der Waals surface area contributed by atoms with Gasteiger partial charge in [-0.3, -0.25) is 9.78 Å². The first kappa shape index (κ1) is 18.6. The highest BCUT2D eigenvalue weighted by atomic mass is 16.1. The molecule has 0 aliphatic heterocycles. The van der Waals surface area contributed by atoms with Crippen LogP contribution in [0.3, 0.4) is 0 Å². The van der Waals surface area contributed by atoms with Gasteiger partial charge in [0.25, 0.3) is 5.91 Å². The van der Waals surface area contributed by atoms with E-state index >= 15 is 0 Å². The van der Waals surface area contributed by atoms with E-state index in [4.69, 9.17) is 0 Å². The topological polar surface area (TPSA) is 42.0 Å². The zero-order chi connectivity index (χ0) is 20.2. The van der Waals surface area contributed by atoms with Crippen molar-refractivity contribution in [3.05, 3.63) is 108 Å². The lowest BCUT2D eigenvalue weighted by Gasteiger charge is -2.15. The molecular weight excluding hydrogens is 356 g/mol. The standard InChI is InChI=1S/C26H22N2O/c1-18-8-12-20(13-9-18)23-16-27-17-24(21-14-10-19(2)11-15-21)25(23)26(29)28-22-6-4-3-5-7-22/h3-17H,1-2H3,(H,28,29). The molecule has 1 N–H and O–H groups in total. The van der Waals surface area contributed by atoms with Crippen LogP contribution < -0.4 is 5.32 Å². The minimum absolute atomic E-state index is 0.148. The summed E-state index contributed by atoms with van der Waals surface area (Å²) in [5, 5.41) is 3.03. The molecule has 0 aliphatic rings. The second kappa shape index (κ2) is 8.11. The van der Waals surface area contributed by atoms with Crippen LogP contribution >= 0.6 is 0 Å². The molecule has 1 heterocycles. The first-order chi connectivity index (χ1) is 14.1. The molecular formula is C26H22N2O. The van der Waals surface area contributed by atoms with E-state index < -0.39 is 0 Å². The van der Waals surface area contributed by atoms with Crippen molar-refractivity contribution in [2.45, 2.75) is 13.8 Å². The smallest absolute Gasteiger partial charge is 0.257 e. The number of aryl methyl sites for hydroxylation is 2. The van der Waals surface area contributed by atoms with Crippen molar-refractivity contribution in [1.29, 1.82) is 0 Å². The van der Waals surface area contributed by atoms with E-state index in [1.807, 2.05) is 92.7 Å². The quantitative estimate of drug-likeness (QED) is 0.454. The van der Waals surface area contributed by atoms with Crippen molar-refractivity contribution in [3.8, 4) is 22.3 Å². The molecule has 0 unspecified atom stereocenters. The number of anilines is 1. The SMILES string of the molecule is Cc1ccc(-c2cncc(-c3ccc(C)cc3)c2C(=O)Nc2ccccc2)cc1. The molecule has 0 atom stereocenters. The van der Waals surface area contributed by atoms with Crippen LogP contribution in [-0.2, 0) is 0 Å². The van der Waals surface area contributed by atoms with Gasteiger partial charge in [-0.05, 0) is 37.1 Å². The van der Waals surface area contributed by atoms with Gasteiger partial charge < -0.3 is 5.32 Å². The summed E-state index contributed by atoms with van der Waals surface area (Å²) in [5.41, 5.74) is 7.30. The van der Waals surface area contributed by atoms with E-state index in [0.29, 0.717) is 5.56 Å². The van der Waals surface area contributed by atoms with E-state index in [1.165, 1.54) is 11.1 Å². The van der Waals surface area contributed by atoms with Crippen LogP contribution in [0.15, 0.2) is 91.3 Å². The van der Waals surface area contributed by atoms with Crippen LogP contribution in [0.25, 0.3) is 22.3 Å². The largest absolute Gasteiger partial charge is 0.322 e. The number of para-hydroxylation sites is 1. The van der Waals surface area contributed by atoms with Crippen LogP contribution in [0, 0.1) is 13.8 Å². The minimum Gasteiger partial charge on any atom is -0.322 e. The second-order valence-electron chi connectivity index (χ2n) is 7.16. The summed E-state index contributed by atoms with van der Waals surface area (Å²) in [5.74, 6) is -0.148. The number of benzene rings is 3. The van der Waals surface area contributed by atoms with Crippen LogP contribution in [-0.4, -0.2) is 10.9 Å². The van der Waals surface area contributed by atoms with Crippen molar-refractivity contribution >= 4 is 11.6 Å². The molecule has 4 aromatic rings. The number of hydrogen-bond acceptors (Lipinski definition) is 2. The Bertz CT molecular complexity index is 1070. The molecule has 29 heavy (non-hydrogen) atoms. The van der Waals surface area contributed by atoms with E-state index in [2.05, 4.69) is 10.3 Å². The van der Waals surface area contributed by atoms with Crippen molar-refractivity contribution in [3.63, 3.8) is 0 Å². The Kier molecular flexibility index (Phi) is 5.21. The van der Waals surface area contributed by atoms with Crippen molar-refractivity contribution in [2.24, 2.45) is 0 Å². The molecule has 0 bridgehead atoms. The Morgan fingerprint density at radius 1 is 0.690 bits per heavy atom. The molecule has 0 radical (unpaired) electrons. The first-order valence-corrected chi connectivity index (χ1v) is 9.60. The number of rotatable bonds is 4. The molecule has 0 fully saturated rings. The maximum Gasteiger partial charge on any atom is 0.257 e. The van der Waals surface area contributed by atoms with Crippen LogP contribution in [0.4, 0.5) is 5.69 Å². The van der Waals surface area contributed by atoms with Gasteiger partial charge >= 0.3 is 0 Å². The lowest BCUT2D eigenvalue weighted by atomic mass is 9.93. The summed E-state index contributed by atoms with van der Waals surface area (Å²) in [4.78, 5) is 17.8. The highest BCUT2D eigenvalue weighted by Gasteiger charge is 2.19. The van der Waals surface area contributed by atoms with E-state index in [1.54, 1.807) is 12.4 Å². The zero-order valence-electron chi connectivity index (χ0n) is 16.5. The Balaban J connectivity index is 1.87. The number of pyridine rings is 1. The molecule has 0 aliphatic carbocycles. The normalized spacial score (nSPS) is 10.6. The molecule has 1 amide bonds. The third kappa shape index (κ3) is 4.09. The zero-order valence-corrected chi connectivity index (χ0v) is 16.5. The van der Waals surface area contributed by atoms with E-state index in [9.17, 15) is 4.79 Å². The van der Waals surface area contributed by atoms with Crippen LogP contribution in [0.2, 0.25) is 0 Å². The van der Waals surface area contributed by atoms with Crippen LogP contribution in [0.5, 0.6) is 0 Å². The molecule has 3 aromatic carbocycles. The number of amides is 1. The molecule has 3 heteroatoms. The predicted octanol–water partition coefficient (Wildman–Crippen LogP) is 6.28. The van der Waals surface area contributed by atoms with Gasteiger partial charge in [0.1, 0.15) is 0 Å². The highest BCUT2D eigenvalue weighted by molar-refractivity contribution is 6.13. The fourth-order valence-electron chi connectivity index (χ4n) is 3.32. The lowest BCUT2D eigenvalue weighted by molar-refractivity contribution is 0.102. The summed E-state index contributed by atoms with van der Waals surface area (Å²) in [6.45, 7) is 4.10. The molecule has 3 nitrogen and oxygen atoms in total. The molecule has 0 spiro atoms. The Labute approximate surface area is 171 Å². The van der Waals surface area contributed by atoms with Gasteiger partial charge in [-0.25, -0.2) is 0 Å². The number of nitrogens with one attached hydrogen (secondary N) is 1. The fraction of sp³-hybridized carbons (Fsp3) is 0.0769. The van der Waals surface area contributed by atoms with Gasteiger partial charge in [-0.1, -0.05) is 77.9 Å². The minimum atomic E-state index is -0.148. The first-order valence-electron chi connectivity index (χ1n) is 9.60. The van der Waals surface area contributed by atoms with Gasteiger partial charge in [-0.2, -0.15) is 0 Å². The molecule has 0 saturated heterocycles. The summed E-state index contributed by atoms with van der Waals surface area (Å²) in [6.07, 6.45) is 3.53. The van der Waals surface area contributed by atoms with Crippen molar-refractivity contribution in [2.75, 3.05) is 5.32 Å². The molecule has 0 saturated carbocycles. The maximum atomic E-state index is 13.4. The third-order valence-electron chi connectivity index (χ3n) is 4.93. The second-order valence-corrected chi connectivity index (χ2v) is 7.16. The molecule has 4 rings (SSSR count). The number of hydrogen-bond donors (Lipinski definition) is 1. The average molecular weight is 378 g/mol. The predicted molar refractivity (Wildman–Crippen MR) is 119 cm³/mol. The number of carbonyl (C=O) groups excluding carboxylic acids is 1. The summed E-state index contributed by atoms with van der Waals surface area (Å²) >= 11 is 0. The summed E-state index contributed by atoms with van der Waals surface area (Å²) in [7, 11) is 0. The fourth-order valence-corrected chi connectivity index (χ4v) is 3.32. The third-order valence-corrected chi connectivity index (χ3v) is 4.93. The molecule has 142 valence electrons. The Hall–Kier alpha value is -3.72. The average Bonchev–Trinajstić information content (AvgIpc) is 2.75. The summed E-state index contributed by atoms with van der Waals surface area (Å²) in [6, 6.07) is 25.8. The van der Waals surface area contributed by atoms with Crippen molar-refractivity contribution in [1.82, 2.24) is 4.98 Å². The monoisotopic (exact) mass is 378 g/mol. The maximum absolute atomic E-state index is 13.4. The Morgan fingerprint density at radius 3 is 1.66 bits per heavy atom. The van der Waals surface area contributed by atoms with Gasteiger partial charge in [0.2, 0.25) is 0 Å². The lowest BCUT2D eigenvalue weighted by Crippen LogP contribution is -2.15.